The number of thiazole rings is 1. The number of anilines is 1. The van der Waals surface area contributed by atoms with Gasteiger partial charge in [0.05, 0.1) is 17.8 Å². The molecule has 0 saturated carbocycles. The van der Waals surface area contributed by atoms with Gasteiger partial charge in [-0.3, -0.25) is 9.59 Å². The van der Waals surface area contributed by atoms with E-state index in [4.69, 9.17) is 15.2 Å². The number of carbonyl (C=O) groups is 2. The van der Waals surface area contributed by atoms with Crippen LogP contribution in [0.4, 0.5) is 5.69 Å². The quantitative estimate of drug-likeness (QED) is 0.539. The summed E-state index contributed by atoms with van der Waals surface area (Å²) in [5, 5.41) is 5.83. The van der Waals surface area contributed by atoms with Crippen LogP contribution >= 0.6 is 11.3 Å². The standard InChI is InChI=1S/C22H21N3O4S/c1-14-24-18(13-30-14)16-5-7-17(8-6-16)25-22(27)10-4-15-3-9-19(20(11-15)28-2)29-12-21(23)26/h3-11,13H,12H2,1-2H3,(H2,23,26)(H,25,27)/b10-4+. The average molecular weight is 423 g/mol. The lowest BCUT2D eigenvalue weighted by Gasteiger charge is -2.10. The topological polar surface area (TPSA) is 104 Å². The van der Waals surface area contributed by atoms with Crippen LogP contribution in [-0.4, -0.2) is 30.5 Å². The molecule has 0 bridgehead atoms. The fourth-order valence-electron chi connectivity index (χ4n) is 2.63. The molecule has 0 aliphatic carbocycles. The van der Waals surface area contributed by atoms with Crippen molar-refractivity contribution in [1.29, 1.82) is 0 Å². The van der Waals surface area contributed by atoms with Gasteiger partial charge in [-0.05, 0) is 42.8 Å². The average Bonchev–Trinajstić information content (AvgIpc) is 3.17. The number of nitrogens with zero attached hydrogens (tertiary/aromatic N) is 1. The van der Waals surface area contributed by atoms with Gasteiger partial charge in [-0.25, -0.2) is 4.98 Å². The summed E-state index contributed by atoms with van der Waals surface area (Å²) in [5.74, 6) is -0.00678. The molecule has 2 aromatic carbocycles. The molecule has 1 heterocycles. The van der Waals surface area contributed by atoms with E-state index >= 15 is 0 Å². The van der Waals surface area contributed by atoms with Crippen LogP contribution in [0.5, 0.6) is 11.5 Å². The van der Waals surface area contributed by atoms with E-state index in [0.717, 1.165) is 21.8 Å². The number of nitrogens with two attached hydrogens (primary N) is 1. The number of methoxy groups -OCH3 is 1. The van der Waals surface area contributed by atoms with Gasteiger partial charge in [0.15, 0.2) is 18.1 Å². The molecule has 8 heteroatoms. The highest BCUT2D eigenvalue weighted by Crippen LogP contribution is 2.28. The minimum atomic E-state index is -0.576. The normalized spacial score (nSPS) is 10.7. The molecule has 1 aromatic heterocycles. The first-order valence-electron chi connectivity index (χ1n) is 9.05. The van der Waals surface area contributed by atoms with Crippen molar-refractivity contribution in [3.05, 3.63) is 64.5 Å². The van der Waals surface area contributed by atoms with Gasteiger partial charge >= 0.3 is 0 Å². The Morgan fingerprint density at radius 3 is 2.57 bits per heavy atom. The SMILES string of the molecule is COc1cc(/C=C/C(=O)Nc2ccc(-c3csc(C)n3)cc2)ccc1OCC(N)=O. The van der Waals surface area contributed by atoms with E-state index in [1.807, 2.05) is 36.6 Å². The summed E-state index contributed by atoms with van der Waals surface area (Å²) >= 11 is 1.60. The molecule has 0 saturated heterocycles. The van der Waals surface area contributed by atoms with Gasteiger partial charge in [-0.1, -0.05) is 18.2 Å². The summed E-state index contributed by atoms with van der Waals surface area (Å²) in [6.07, 6.45) is 3.08. The van der Waals surface area contributed by atoms with E-state index in [-0.39, 0.29) is 12.5 Å². The first kappa shape index (κ1) is 21.1. The lowest BCUT2D eigenvalue weighted by atomic mass is 10.1. The van der Waals surface area contributed by atoms with Crippen LogP contribution < -0.4 is 20.5 Å². The maximum atomic E-state index is 12.2. The molecule has 2 amide bonds. The number of rotatable bonds is 8. The van der Waals surface area contributed by atoms with Gasteiger partial charge in [-0.2, -0.15) is 0 Å². The van der Waals surface area contributed by atoms with Gasteiger partial charge < -0.3 is 20.5 Å². The number of primary amides is 1. The molecule has 0 aliphatic rings. The molecule has 0 aliphatic heterocycles. The summed E-state index contributed by atoms with van der Waals surface area (Å²) < 4.78 is 10.5. The first-order chi connectivity index (χ1) is 14.4. The van der Waals surface area contributed by atoms with E-state index in [0.29, 0.717) is 17.2 Å². The molecule has 3 rings (SSSR count). The molecular weight excluding hydrogens is 402 g/mol. The highest BCUT2D eigenvalue weighted by atomic mass is 32.1. The Labute approximate surface area is 178 Å². The fourth-order valence-corrected chi connectivity index (χ4v) is 3.25. The summed E-state index contributed by atoms with van der Waals surface area (Å²) in [6.45, 7) is 1.72. The lowest BCUT2D eigenvalue weighted by molar-refractivity contribution is -0.120. The van der Waals surface area contributed by atoms with Crippen molar-refractivity contribution < 1.29 is 19.1 Å². The van der Waals surface area contributed by atoms with Crippen LogP contribution in [0.3, 0.4) is 0 Å². The lowest BCUT2D eigenvalue weighted by Crippen LogP contribution is -2.20. The van der Waals surface area contributed by atoms with Gasteiger partial charge in [-0.15, -0.1) is 11.3 Å². The highest BCUT2D eigenvalue weighted by Gasteiger charge is 2.07. The zero-order chi connectivity index (χ0) is 21.5. The van der Waals surface area contributed by atoms with Crippen molar-refractivity contribution in [3.8, 4) is 22.8 Å². The second kappa shape index (κ2) is 9.71. The summed E-state index contributed by atoms with van der Waals surface area (Å²) in [5.41, 5.74) is 8.43. The minimum Gasteiger partial charge on any atom is -0.493 e. The van der Waals surface area contributed by atoms with Crippen molar-refractivity contribution in [3.63, 3.8) is 0 Å². The van der Waals surface area contributed by atoms with E-state index in [1.165, 1.54) is 13.2 Å². The van der Waals surface area contributed by atoms with Crippen molar-refractivity contribution in [2.75, 3.05) is 19.0 Å². The molecule has 3 N–H and O–H groups in total. The van der Waals surface area contributed by atoms with Gasteiger partial charge in [0, 0.05) is 22.7 Å². The van der Waals surface area contributed by atoms with Crippen molar-refractivity contribution in [2.45, 2.75) is 6.92 Å². The van der Waals surface area contributed by atoms with E-state index < -0.39 is 5.91 Å². The van der Waals surface area contributed by atoms with E-state index in [9.17, 15) is 9.59 Å². The van der Waals surface area contributed by atoms with Crippen LogP contribution in [0.15, 0.2) is 53.9 Å². The number of hydrogen-bond donors (Lipinski definition) is 2. The largest absolute Gasteiger partial charge is 0.493 e. The zero-order valence-corrected chi connectivity index (χ0v) is 17.4. The fraction of sp³-hybridized carbons (Fsp3) is 0.136. The maximum Gasteiger partial charge on any atom is 0.255 e. The van der Waals surface area contributed by atoms with Crippen LogP contribution in [0.25, 0.3) is 17.3 Å². The minimum absolute atomic E-state index is 0.241. The Morgan fingerprint density at radius 1 is 1.17 bits per heavy atom. The third-order valence-corrected chi connectivity index (χ3v) is 4.83. The second-order valence-electron chi connectivity index (χ2n) is 6.32. The second-order valence-corrected chi connectivity index (χ2v) is 7.38. The molecular formula is C22H21N3O4S. The van der Waals surface area contributed by atoms with E-state index in [2.05, 4.69) is 10.3 Å². The van der Waals surface area contributed by atoms with Gasteiger partial charge in [0.2, 0.25) is 5.91 Å². The number of nitrogens with one attached hydrogen (secondary N) is 1. The van der Waals surface area contributed by atoms with Crippen LogP contribution in [0.2, 0.25) is 0 Å². The van der Waals surface area contributed by atoms with E-state index in [1.54, 1.807) is 35.6 Å². The van der Waals surface area contributed by atoms with Crippen molar-refractivity contribution in [1.82, 2.24) is 4.98 Å². The number of aromatic nitrogens is 1. The van der Waals surface area contributed by atoms with Crippen molar-refractivity contribution >= 4 is 34.9 Å². The first-order valence-corrected chi connectivity index (χ1v) is 9.93. The molecule has 7 nitrogen and oxygen atoms in total. The maximum absolute atomic E-state index is 12.2. The molecule has 30 heavy (non-hydrogen) atoms. The number of hydrogen-bond acceptors (Lipinski definition) is 6. The van der Waals surface area contributed by atoms with Gasteiger partial charge in [0.25, 0.3) is 5.91 Å². The van der Waals surface area contributed by atoms with Crippen LogP contribution in [0, 0.1) is 6.92 Å². The highest BCUT2D eigenvalue weighted by molar-refractivity contribution is 7.09. The zero-order valence-electron chi connectivity index (χ0n) is 16.5. The third kappa shape index (κ3) is 5.68. The molecule has 0 unspecified atom stereocenters. The Hall–Kier alpha value is -3.65. The number of benzene rings is 2. The van der Waals surface area contributed by atoms with Crippen molar-refractivity contribution in [2.24, 2.45) is 5.73 Å². The predicted molar refractivity (Wildman–Crippen MR) is 118 cm³/mol. The Bertz CT molecular complexity index is 1070. The molecule has 0 fully saturated rings. The smallest absolute Gasteiger partial charge is 0.255 e. The number of carbonyl (C=O) groups excluding carboxylic acids is 2. The predicted octanol–water partition coefficient (Wildman–Crippen LogP) is 3.64. The van der Waals surface area contributed by atoms with Crippen LogP contribution in [0.1, 0.15) is 10.6 Å². The number of ether oxygens (including phenoxy) is 2. The Morgan fingerprint density at radius 2 is 1.93 bits per heavy atom. The Kier molecular flexibility index (Phi) is 6.82. The molecule has 154 valence electrons. The summed E-state index contributed by atoms with van der Waals surface area (Å²) in [7, 11) is 1.49. The van der Waals surface area contributed by atoms with Crippen LogP contribution in [-0.2, 0) is 9.59 Å². The number of amides is 2. The number of aryl methyl sites for hydroxylation is 1. The molecule has 0 atom stereocenters. The van der Waals surface area contributed by atoms with Gasteiger partial charge in [0.1, 0.15) is 0 Å². The third-order valence-electron chi connectivity index (χ3n) is 4.05. The Balaban J connectivity index is 1.62. The molecule has 3 aromatic rings. The monoisotopic (exact) mass is 423 g/mol. The summed E-state index contributed by atoms with van der Waals surface area (Å²) in [6, 6.07) is 12.6. The molecule has 0 spiro atoms. The molecule has 0 radical (unpaired) electrons. The summed E-state index contributed by atoms with van der Waals surface area (Å²) in [4.78, 5) is 27.5.